The predicted molar refractivity (Wildman–Crippen MR) is 80.4 cm³/mol. The fourth-order valence-corrected chi connectivity index (χ4v) is 4.54. The van der Waals surface area contributed by atoms with Gasteiger partial charge in [0.05, 0.1) is 4.90 Å². The van der Waals surface area contributed by atoms with E-state index in [-0.39, 0.29) is 10.9 Å². The molecule has 1 aliphatic rings. The van der Waals surface area contributed by atoms with Crippen LogP contribution in [0.1, 0.15) is 31.7 Å². The van der Waals surface area contributed by atoms with Crippen LogP contribution in [0.5, 0.6) is 0 Å². The van der Waals surface area contributed by atoms with Crippen LogP contribution in [-0.4, -0.2) is 14.5 Å². The number of benzene rings is 1. The minimum Gasteiger partial charge on any atom is -0.398 e. The zero-order chi connectivity index (χ0) is 14.2. The first-order valence-electron chi connectivity index (χ1n) is 6.43. The number of sulfonamides is 1. The maximum Gasteiger partial charge on any atom is 0.241 e. The molecule has 0 bridgehead atoms. The minimum atomic E-state index is -3.48. The number of nitrogens with two attached hydrogens (primary N) is 1. The maximum atomic E-state index is 12.4. The number of anilines is 1. The smallest absolute Gasteiger partial charge is 0.241 e. The van der Waals surface area contributed by atoms with Crippen LogP contribution in [0.4, 0.5) is 5.69 Å². The maximum absolute atomic E-state index is 12.4. The topological polar surface area (TPSA) is 72.2 Å². The van der Waals surface area contributed by atoms with Crippen LogP contribution in [0.3, 0.4) is 0 Å². The summed E-state index contributed by atoms with van der Waals surface area (Å²) in [5.41, 5.74) is 6.90. The van der Waals surface area contributed by atoms with Crippen molar-refractivity contribution in [3.63, 3.8) is 0 Å². The average Bonchev–Trinajstić information content (AvgIpc) is 3.01. The highest BCUT2D eigenvalue weighted by Crippen LogP contribution is 2.36. The number of halogens is 1. The highest BCUT2D eigenvalue weighted by Gasteiger charge is 2.39. The second-order valence-corrected chi connectivity index (χ2v) is 7.73. The summed E-state index contributed by atoms with van der Waals surface area (Å²) in [7, 11) is -3.48. The molecule has 3 N–H and O–H groups in total. The third kappa shape index (κ3) is 3.30. The van der Waals surface area contributed by atoms with Crippen molar-refractivity contribution in [1.29, 1.82) is 0 Å². The summed E-state index contributed by atoms with van der Waals surface area (Å²) in [6, 6.07) is 3.40. The van der Waals surface area contributed by atoms with E-state index in [0.717, 1.165) is 19.3 Å². The predicted octanol–water partition coefficient (Wildman–Crippen LogP) is 2.81. The zero-order valence-electron chi connectivity index (χ0n) is 11.1. The van der Waals surface area contributed by atoms with Gasteiger partial charge in [-0.2, -0.15) is 0 Å². The molecule has 19 heavy (non-hydrogen) atoms. The average molecular weight is 347 g/mol. The Morgan fingerprint density at radius 1 is 1.47 bits per heavy atom. The van der Waals surface area contributed by atoms with Gasteiger partial charge in [-0.25, -0.2) is 13.1 Å². The SMILES string of the molecule is CCCC1CC1NS(=O)(=O)c1cc(Br)cc(N)c1C. The van der Waals surface area contributed by atoms with E-state index in [4.69, 9.17) is 5.73 Å². The van der Waals surface area contributed by atoms with E-state index >= 15 is 0 Å². The molecule has 106 valence electrons. The van der Waals surface area contributed by atoms with Crippen molar-refractivity contribution in [2.24, 2.45) is 5.92 Å². The monoisotopic (exact) mass is 346 g/mol. The van der Waals surface area contributed by atoms with E-state index in [1.54, 1.807) is 19.1 Å². The number of hydrogen-bond acceptors (Lipinski definition) is 3. The third-order valence-electron chi connectivity index (χ3n) is 3.54. The van der Waals surface area contributed by atoms with Gasteiger partial charge < -0.3 is 5.73 Å². The molecular weight excluding hydrogens is 328 g/mol. The first kappa shape index (κ1) is 14.8. The molecule has 1 aromatic rings. The van der Waals surface area contributed by atoms with Gasteiger partial charge in [-0.15, -0.1) is 0 Å². The molecule has 2 atom stereocenters. The van der Waals surface area contributed by atoms with Crippen molar-refractivity contribution in [2.45, 2.75) is 44.0 Å². The second-order valence-electron chi connectivity index (χ2n) is 5.13. The highest BCUT2D eigenvalue weighted by molar-refractivity contribution is 9.10. The van der Waals surface area contributed by atoms with E-state index in [2.05, 4.69) is 27.6 Å². The van der Waals surface area contributed by atoms with Gasteiger partial charge in [0.2, 0.25) is 10.0 Å². The van der Waals surface area contributed by atoms with Gasteiger partial charge in [0, 0.05) is 16.2 Å². The zero-order valence-corrected chi connectivity index (χ0v) is 13.5. The Hall–Kier alpha value is -0.590. The Balaban J connectivity index is 2.21. The lowest BCUT2D eigenvalue weighted by Crippen LogP contribution is -2.28. The minimum absolute atomic E-state index is 0.0876. The van der Waals surface area contributed by atoms with Gasteiger partial charge in [0.15, 0.2) is 0 Å². The Morgan fingerprint density at radius 2 is 2.16 bits per heavy atom. The summed E-state index contributed by atoms with van der Waals surface area (Å²) < 4.78 is 28.2. The summed E-state index contributed by atoms with van der Waals surface area (Å²) in [4.78, 5) is 0.265. The quantitative estimate of drug-likeness (QED) is 0.805. The van der Waals surface area contributed by atoms with Gasteiger partial charge in [-0.05, 0) is 43.4 Å². The van der Waals surface area contributed by atoms with E-state index in [9.17, 15) is 8.42 Å². The molecule has 2 unspecified atom stereocenters. The fraction of sp³-hybridized carbons (Fsp3) is 0.538. The van der Waals surface area contributed by atoms with E-state index in [0.29, 0.717) is 21.6 Å². The van der Waals surface area contributed by atoms with Gasteiger partial charge in [0.25, 0.3) is 0 Å². The Kier molecular flexibility index (Phi) is 4.23. The standard InChI is InChI=1S/C13H19BrN2O2S/c1-3-4-9-5-12(9)16-19(17,18)13-7-10(14)6-11(15)8(13)2/h6-7,9,12,16H,3-5,15H2,1-2H3. The van der Waals surface area contributed by atoms with Crippen LogP contribution in [0.2, 0.25) is 0 Å². The summed E-state index contributed by atoms with van der Waals surface area (Å²) >= 11 is 3.29. The second kappa shape index (κ2) is 5.42. The first-order chi connectivity index (χ1) is 8.85. The summed E-state index contributed by atoms with van der Waals surface area (Å²) in [5, 5.41) is 0. The van der Waals surface area contributed by atoms with Gasteiger partial charge >= 0.3 is 0 Å². The Labute approximate surface area is 122 Å². The molecule has 0 amide bonds. The molecule has 1 fully saturated rings. The number of rotatable bonds is 5. The molecule has 0 saturated heterocycles. The van der Waals surface area contributed by atoms with Crippen molar-refractivity contribution in [3.8, 4) is 0 Å². The molecule has 1 aliphatic carbocycles. The van der Waals surface area contributed by atoms with Crippen LogP contribution in [0, 0.1) is 12.8 Å². The first-order valence-corrected chi connectivity index (χ1v) is 8.70. The van der Waals surface area contributed by atoms with E-state index < -0.39 is 10.0 Å². The van der Waals surface area contributed by atoms with Crippen molar-refractivity contribution < 1.29 is 8.42 Å². The molecule has 1 saturated carbocycles. The van der Waals surface area contributed by atoms with Crippen LogP contribution in [0.25, 0.3) is 0 Å². The molecule has 0 aliphatic heterocycles. The molecular formula is C13H19BrN2O2S. The fourth-order valence-electron chi connectivity index (χ4n) is 2.30. The van der Waals surface area contributed by atoms with Crippen molar-refractivity contribution in [1.82, 2.24) is 4.72 Å². The largest absolute Gasteiger partial charge is 0.398 e. The lowest BCUT2D eigenvalue weighted by atomic mass is 10.2. The van der Waals surface area contributed by atoms with Gasteiger partial charge in [0.1, 0.15) is 0 Å². The van der Waals surface area contributed by atoms with Crippen molar-refractivity contribution >= 4 is 31.6 Å². The Morgan fingerprint density at radius 3 is 2.79 bits per heavy atom. The van der Waals surface area contributed by atoms with Crippen LogP contribution >= 0.6 is 15.9 Å². The number of nitrogens with one attached hydrogen (secondary N) is 1. The Bertz CT molecular complexity index is 587. The molecule has 2 rings (SSSR count). The lowest BCUT2D eigenvalue weighted by Gasteiger charge is -2.11. The van der Waals surface area contributed by atoms with Crippen molar-refractivity contribution in [3.05, 3.63) is 22.2 Å². The lowest BCUT2D eigenvalue weighted by molar-refractivity contribution is 0.572. The van der Waals surface area contributed by atoms with E-state index in [1.165, 1.54) is 0 Å². The molecule has 0 heterocycles. The van der Waals surface area contributed by atoms with Gasteiger partial charge in [-0.3, -0.25) is 0 Å². The summed E-state index contributed by atoms with van der Waals surface area (Å²) in [6.07, 6.45) is 3.11. The number of hydrogen-bond donors (Lipinski definition) is 2. The molecule has 1 aromatic carbocycles. The summed E-state index contributed by atoms with van der Waals surface area (Å²) in [5.74, 6) is 0.490. The van der Waals surface area contributed by atoms with Gasteiger partial charge in [-0.1, -0.05) is 29.3 Å². The van der Waals surface area contributed by atoms with Crippen LogP contribution < -0.4 is 10.5 Å². The summed E-state index contributed by atoms with van der Waals surface area (Å²) in [6.45, 7) is 3.84. The molecule has 0 spiro atoms. The highest BCUT2D eigenvalue weighted by atomic mass is 79.9. The van der Waals surface area contributed by atoms with Crippen molar-refractivity contribution in [2.75, 3.05) is 5.73 Å². The third-order valence-corrected chi connectivity index (χ3v) is 5.62. The van der Waals surface area contributed by atoms with Crippen LogP contribution in [0.15, 0.2) is 21.5 Å². The molecule has 6 heteroatoms. The van der Waals surface area contributed by atoms with Crippen LogP contribution in [-0.2, 0) is 10.0 Å². The normalized spacial score (nSPS) is 22.5. The molecule has 0 aromatic heterocycles. The molecule has 4 nitrogen and oxygen atoms in total. The molecule has 0 radical (unpaired) electrons. The van der Waals surface area contributed by atoms with E-state index in [1.807, 2.05) is 0 Å². The number of nitrogen functional groups attached to an aromatic ring is 1.